The van der Waals surface area contributed by atoms with Gasteiger partial charge in [0.05, 0.1) is 27.7 Å². The molecule has 2 atom stereocenters. The molecule has 0 bridgehead atoms. The van der Waals surface area contributed by atoms with E-state index in [1.807, 2.05) is 21.1 Å². The Morgan fingerprint density at radius 2 is 0.814 bits per heavy atom. The summed E-state index contributed by atoms with van der Waals surface area (Å²) in [6, 6.07) is 0. The van der Waals surface area contributed by atoms with Crippen molar-refractivity contribution in [1.29, 1.82) is 0 Å². The minimum absolute atomic E-state index is 0.0315. The number of ether oxygens (including phenoxy) is 2. The van der Waals surface area contributed by atoms with Gasteiger partial charge in [0, 0.05) is 12.8 Å². The molecule has 0 saturated carbocycles. The molecule has 0 spiro atoms. The third kappa shape index (κ3) is 55.0. The number of allylic oxidation sites excluding steroid dienone is 10. The molecule has 408 valence electrons. The Morgan fingerprint density at radius 1 is 0.457 bits per heavy atom. The number of nitrogens with zero attached hydrogens (tertiary/aromatic N) is 1. The van der Waals surface area contributed by atoms with E-state index in [1.54, 1.807) is 0 Å². The first-order chi connectivity index (χ1) is 34.0. The lowest BCUT2D eigenvalue weighted by atomic mass is 10.0. The van der Waals surface area contributed by atoms with E-state index in [0.717, 1.165) is 89.9 Å². The molecule has 0 radical (unpaired) electrons. The van der Waals surface area contributed by atoms with Crippen LogP contribution in [0.3, 0.4) is 0 Å². The summed E-state index contributed by atoms with van der Waals surface area (Å²) >= 11 is 0. The molecule has 0 amide bonds. The van der Waals surface area contributed by atoms with E-state index < -0.39 is 32.5 Å². The third-order valence-electron chi connectivity index (χ3n) is 12.5. The lowest BCUT2D eigenvalue weighted by molar-refractivity contribution is -0.870. The minimum Gasteiger partial charge on any atom is -0.756 e. The van der Waals surface area contributed by atoms with Crippen LogP contribution >= 0.6 is 7.82 Å². The summed E-state index contributed by atoms with van der Waals surface area (Å²) < 4.78 is 34.0. The zero-order valence-corrected chi connectivity index (χ0v) is 47.1. The van der Waals surface area contributed by atoms with Gasteiger partial charge in [-0.3, -0.25) is 14.2 Å². The van der Waals surface area contributed by atoms with E-state index in [0.29, 0.717) is 17.4 Å². The van der Waals surface area contributed by atoms with E-state index in [1.165, 1.54) is 135 Å². The molecule has 10 heteroatoms. The van der Waals surface area contributed by atoms with Gasteiger partial charge in [-0.1, -0.05) is 235 Å². The van der Waals surface area contributed by atoms with Crippen LogP contribution in [0.4, 0.5) is 0 Å². The number of hydrogen-bond donors (Lipinski definition) is 0. The fourth-order valence-corrected chi connectivity index (χ4v) is 8.77. The lowest BCUT2D eigenvalue weighted by Crippen LogP contribution is -2.37. The maximum atomic E-state index is 12.8. The average molecular weight is 1000 g/mol. The molecule has 70 heavy (non-hydrogen) atoms. The Hall–Kier alpha value is -2.29. The van der Waals surface area contributed by atoms with Crippen molar-refractivity contribution in [2.24, 2.45) is 0 Å². The number of esters is 2. The summed E-state index contributed by atoms with van der Waals surface area (Å²) in [7, 11) is 1.17. The van der Waals surface area contributed by atoms with Crippen molar-refractivity contribution in [2.45, 2.75) is 264 Å². The first kappa shape index (κ1) is 67.7. The van der Waals surface area contributed by atoms with Crippen molar-refractivity contribution >= 4 is 19.8 Å². The van der Waals surface area contributed by atoms with Crippen molar-refractivity contribution in [3.63, 3.8) is 0 Å². The Kier molecular flexibility index (Phi) is 49.9. The van der Waals surface area contributed by atoms with Crippen LogP contribution in [-0.2, 0) is 32.7 Å². The highest BCUT2D eigenvalue weighted by Crippen LogP contribution is 2.38. The number of carbonyl (C=O) groups excluding carboxylic acids is 2. The van der Waals surface area contributed by atoms with Crippen LogP contribution in [-0.4, -0.2) is 70.0 Å². The quantitative estimate of drug-likeness (QED) is 0.0195. The standard InChI is InChI=1S/C60H110NO8P/c1-6-8-10-12-14-16-18-19-20-21-22-23-24-25-26-27-28-29-30-31-32-33-34-35-36-37-38-39-40-41-43-45-47-49-51-53-60(63)69-58(57-68-70(64,65)67-55-54-61(3,4)5)56-66-59(62)52-50-48-46-44-42-17-15-13-11-9-7-2/h8,10,13-16,19-20,22-23,58H,6-7,9,11-12,17-18,21,24-57H2,1-5H3/b10-8-,15-13-,16-14-,20-19-,23-22-. The zero-order valence-electron chi connectivity index (χ0n) is 46.2. The van der Waals surface area contributed by atoms with Gasteiger partial charge < -0.3 is 27.9 Å². The van der Waals surface area contributed by atoms with E-state index in [9.17, 15) is 19.0 Å². The van der Waals surface area contributed by atoms with Crippen LogP contribution in [0.5, 0.6) is 0 Å². The van der Waals surface area contributed by atoms with Crippen molar-refractivity contribution in [1.82, 2.24) is 0 Å². The normalized spacial score (nSPS) is 13.7. The largest absolute Gasteiger partial charge is 0.756 e. The van der Waals surface area contributed by atoms with Crippen molar-refractivity contribution in [2.75, 3.05) is 47.5 Å². The Labute approximate surface area is 432 Å². The molecule has 2 unspecified atom stereocenters. The van der Waals surface area contributed by atoms with Gasteiger partial charge in [-0.2, -0.15) is 0 Å². The second-order valence-electron chi connectivity index (χ2n) is 20.6. The molecule has 0 aromatic heterocycles. The average Bonchev–Trinajstić information content (AvgIpc) is 3.32. The van der Waals surface area contributed by atoms with Gasteiger partial charge in [0.25, 0.3) is 7.82 Å². The molecule has 0 fully saturated rings. The van der Waals surface area contributed by atoms with Crippen LogP contribution in [0.15, 0.2) is 60.8 Å². The van der Waals surface area contributed by atoms with Gasteiger partial charge in [-0.15, -0.1) is 0 Å². The zero-order chi connectivity index (χ0) is 51.3. The molecule has 0 aliphatic heterocycles. The molecular weight excluding hydrogens is 894 g/mol. The predicted molar refractivity (Wildman–Crippen MR) is 296 cm³/mol. The summed E-state index contributed by atoms with van der Waals surface area (Å²) in [5.41, 5.74) is 0. The Bertz CT molecular complexity index is 1370. The summed E-state index contributed by atoms with van der Waals surface area (Å²) in [5.74, 6) is -0.837. The smallest absolute Gasteiger partial charge is 0.306 e. The van der Waals surface area contributed by atoms with Crippen LogP contribution in [0, 0.1) is 0 Å². The molecule has 0 N–H and O–H groups in total. The van der Waals surface area contributed by atoms with Crippen molar-refractivity contribution in [3.05, 3.63) is 60.8 Å². The highest BCUT2D eigenvalue weighted by molar-refractivity contribution is 7.45. The number of likely N-dealkylation sites (N-methyl/N-ethyl adjacent to an activating group) is 1. The second-order valence-corrected chi connectivity index (χ2v) is 22.0. The van der Waals surface area contributed by atoms with Gasteiger partial charge in [-0.05, 0) is 70.6 Å². The molecule has 0 heterocycles. The minimum atomic E-state index is -4.63. The van der Waals surface area contributed by atoms with Gasteiger partial charge in [0.1, 0.15) is 19.8 Å². The summed E-state index contributed by atoms with van der Waals surface area (Å²) in [6.45, 7) is 4.09. The van der Waals surface area contributed by atoms with Crippen LogP contribution in [0.25, 0.3) is 0 Å². The fraction of sp³-hybridized carbons (Fsp3) is 0.800. The Morgan fingerprint density at radius 3 is 1.23 bits per heavy atom. The van der Waals surface area contributed by atoms with Crippen LogP contribution < -0.4 is 4.89 Å². The lowest BCUT2D eigenvalue weighted by Gasteiger charge is -2.28. The molecule has 0 aliphatic rings. The highest BCUT2D eigenvalue weighted by atomic mass is 31.2. The number of rotatable bonds is 53. The monoisotopic (exact) mass is 1000 g/mol. The topological polar surface area (TPSA) is 111 Å². The van der Waals surface area contributed by atoms with E-state index >= 15 is 0 Å². The maximum absolute atomic E-state index is 12.8. The SMILES string of the molecule is CC/C=C\C/C=C\C/C=C\C/C=C\CCCCCCCCCCCCCCCCCCCCCCCCC(=O)OC(COC(=O)CCCCCCC/C=C\CCCC)COP(=O)([O-])OCC[N+](C)(C)C. The molecule has 0 saturated heterocycles. The number of unbranched alkanes of at least 4 members (excludes halogenated alkanes) is 29. The Balaban J connectivity index is 3.93. The fourth-order valence-electron chi connectivity index (χ4n) is 8.04. The second kappa shape index (κ2) is 51.6. The van der Waals surface area contributed by atoms with Gasteiger partial charge in [-0.25, -0.2) is 0 Å². The number of phosphoric ester groups is 1. The molecule has 0 rings (SSSR count). The summed E-state index contributed by atoms with van der Waals surface area (Å²) in [4.78, 5) is 37.7. The molecule has 9 nitrogen and oxygen atoms in total. The number of quaternary nitrogens is 1. The number of carbonyl (C=O) groups is 2. The van der Waals surface area contributed by atoms with E-state index in [2.05, 4.69) is 74.6 Å². The van der Waals surface area contributed by atoms with Gasteiger partial charge >= 0.3 is 11.9 Å². The first-order valence-electron chi connectivity index (χ1n) is 29.0. The maximum Gasteiger partial charge on any atom is 0.306 e. The molecule has 0 aliphatic carbocycles. The molecule has 0 aromatic rings. The van der Waals surface area contributed by atoms with Crippen LogP contribution in [0.2, 0.25) is 0 Å². The number of phosphoric acid groups is 1. The first-order valence-corrected chi connectivity index (χ1v) is 30.5. The van der Waals surface area contributed by atoms with Crippen molar-refractivity contribution in [3.8, 4) is 0 Å². The molecule has 0 aromatic carbocycles. The van der Waals surface area contributed by atoms with E-state index in [4.69, 9.17) is 18.5 Å². The van der Waals surface area contributed by atoms with E-state index in [-0.39, 0.29) is 26.1 Å². The van der Waals surface area contributed by atoms with Gasteiger partial charge in [0.2, 0.25) is 0 Å². The van der Waals surface area contributed by atoms with Crippen LogP contribution in [0.1, 0.15) is 258 Å². The highest BCUT2D eigenvalue weighted by Gasteiger charge is 2.22. The summed E-state index contributed by atoms with van der Waals surface area (Å²) in [6.07, 6.45) is 65.8. The number of hydrogen-bond acceptors (Lipinski definition) is 8. The summed E-state index contributed by atoms with van der Waals surface area (Å²) in [5, 5.41) is 0. The molecular formula is C60H110NO8P. The van der Waals surface area contributed by atoms with Crippen molar-refractivity contribution < 1.29 is 42.1 Å². The predicted octanol–water partition coefficient (Wildman–Crippen LogP) is 17.3. The van der Waals surface area contributed by atoms with Gasteiger partial charge in [0.15, 0.2) is 6.10 Å². The third-order valence-corrected chi connectivity index (χ3v) is 13.5.